The van der Waals surface area contributed by atoms with Crippen LogP contribution in [0.1, 0.15) is 5.56 Å². The Balaban J connectivity index is 1.83. The van der Waals surface area contributed by atoms with Crippen LogP contribution in [-0.4, -0.2) is 47.5 Å². The SMILES string of the molecule is OCC1CN(c2nc(Cl)c(-c3ccc(Cl)cc3)nc2-c2ccc(CI)cc2)CCO1. The van der Waals surface area contributed by atoms with E-state index < -0.39 is 0 Å². The number of rotatable bonds is 5. The summed E-state index contributed by atoms with van der Waals surface area (Å²) in [7, 11) is 0. The first-order valence-electron chi connectivity index (χ1n) is 9.55. The van der Waals surface area contributed by atoms with Gasteiger partial charge in [0.2, 0.25) is 0 Å². The molecule has 1 atom stereocenters. The van der Waals surface area contributed by atoms with E-state index in [9.17, 15) is 5.11 Å². The number of aliphatic hydroxyl groups excluding tert-OH is 1. The van der Waals surface area contributed by atoms with Crippen molar-refractivity contribution in [2.24, 2.45) is 0 Å². The highest BCUT2D eigenvalue weighted by Gasteiger charge is 2.26. The van der Waals surface area contributed by atoms with Crippen molar-refractivity contribution in [1.82, 2.24) is 9.97 Å². The molecule has 0 aliphatic carbocycles. The van der Waals surface area contributed by atoms with E-state index in [1.54, 1.807) is 0 Å². The molecule has 1 aliphatic rings. The lowest BCUT2D eigenvalue weighted by molar-refractivity contribution is 0.00338. The molecular formula is C22H20Cl2IN3O2. The highest BCUT2D eigenvalue weighted by Crippen LogP contribution is 2.35. The molecule has 0 radical (unpaired) electrons. The summed E-state index contributed by atoms with van der Waals surface area (Å²) in [6.45, 7) is 1.65. The summed E-state index contributed by atoms with van der Waals surface area (Å²) in [6, 6.07) is 15.7. The van der Waals surface area contributed by atoms with E-state index in [0.717, 1.165) is 21.2 Å². The van der Waals surface area contributed by atoms with Gasteiger partial charge in [0.05, 0.1) is 19.3 Å². The zero-order valence-electron chi connectivity index (χ0n) is 16.1. The van der Waals surface area contributed by atoms with Crippen LogP contribution < -0.4 is 4.90 Å². The normalized spacial score (nSPS) is 16.7. The first-order chi connectivity index (χ1) is 14.6. The number of hydrogen-bond donors (Lipinski definition) is 1. The zero-order chi connectivity index (χ0) is 21.1. The van der Waals surface area contributed by atoms with Gasteiger partial charge in [-0.3, -0.25) is 0 Å². The van der Waals surface area contributed by atoms with Crippen LogP contribution in [0, 0.1) is 0 Å². The minimum Gasteiger partial charge on any atom is -0.394 e. The molecule has 0 amide bonds. The van der Waals surface area contributed by atoms with E-state index in [2.05, 4.69) is 51.8 Å². The Morgan fingerprint density at radius 3 is 2.33 bits per heavy atom. The molecule has 156 valence electrons. The largest absolute Gasteiger partial charge is 0.394 e. The predicted molar refractivity (Wildman–Crippen MR) is 130 cm³/mol. The van der Waals surface area contributed by atoms with E-state index in [1.807, 2.05) is 24.3 Å². The van der Waals surface area contributed by atoms with Gasteiger partial charge in [-0.1, -0.05) is 82.2 Å². The number of ether oxygens (including phenoxy) is 1. The van der Waals surface area contributed by atoms with Gasteiger partial charge in [-0.2, -0.15) is 0 Å². The van der Waals surface area contributed by atoms with Gasteiger partial charge in [0.1, 0.15) is 11.4 Å². The minimum atomic E-state index is -0.260. The van der Waals surface area contributed by atoms with Gasteiger partial charge in [0.25, 0.3) is 0 Å². The molecule has 5 nitrogen and oxygen atoms in total. The van der Waals surface area contributed by atoms with Crippen LogP contribution in [0.5, 0.6) is 0 Å². The Morgan fingerprint density at radius 1 is 1.00 bits per heavy atom. The lowest BCUT2D eigenvalue weighted by atomic mass is 10.1. The molecule has 30 heavy (non-hydrogen) atoms. The number of nitrogens with zero attached hydrogens (tertiary/aromatic N) is 3. The van der Waals surface area contributed by atoms with Crippen molar-refractivity contribution in [2.75, 3.05) is 31.2 Å². The van der Waals surface area contributed by atoms with Crippen LogP contribution in [0.4, 0.5) is 5.82 Å². The minimum absolute atomic E-state index is 0.0415. The lowest BCUT2D eigenvalue weighted by Crippen LogP contribution is -2.44. The average molecular weight is 556 g/mol. The number of halogens is 3. The van der Waals surface area contributed by atoms with Gasteiger partial charge in [-0.05, 0) is 17.7 Å². The maximum atomic E-state index is 9.54. The Bertz CT molecular complexity index is 1020. The second-order valence-electron chi connectivity index (χ2n) is 6.99. The van der Waals surface area contributed by atoms with Gasteiger partial charge < -0.3 is 14.7 Å². The highest BCUT2D eigenvalue weighted by molar-refractivity contribution is 14.1. The van der Waals surface area contributed by atoms with Crippen LogP contribution >= 0.6 is 45.8 Å². The molecule has 3 aromatic rings. The van der Waals surface area contributed by atoms with Crippen molar-refractivity contribution in [2.45, 2.75) is 10.5 Å². The summed E-state index contributed by atoms with van der Waals surface area (Å²) in [6.07, 6.45) is -0.260. The third kappa shape index (κ3) is 4.73. The Labute approximate surface area is 199 Å². The van der Waals surface area contributed by atoms with Crippen molar-refractivity contribution in [3.63, 3.8) is 0 Å². The third-order valence-electron chi connectivity index (χ3n) is 4.98. The molecule has 8 heteroatoms. The molecule has 2 aromatic carbocycles. The fraction of sp³-hybridized carbons (Fsp3) is 0.273. The maximum Gasteiger partial charge on any atom is 0.157 e. The van der Waals surface area contributed by atoms with E-state index in [1.165, 1.54) is 5.56 Å². The number of morpholine rings is 1. The quantitative estimate of drug-likeness (QED) is 0.344. The number of aromatic nitrogens is 2. The van der Waals surface area contributed by atoms with Gasteiger partial charge in [-0.25, -0.2) is 9.97 Å². The molecule has 1 aromatic heterocycles. The fourth-order valence-electron chi connectivity index (χ4n) is 3.39. The molecule has 4 rings (SSSR count). The second-order valence-corrected chi connectivity index (χ2v) is 8.55. The predicted octanol–water partition coefficient (Wildman–Crippen LogP) is 5.25. The summed E-state index contributed by atoms with van der Waals surface area (Å²) < 4.78 is 6.54. The molecule has 0 saturated carbocycles. The van der Waals surface area contributed by atoms with Gasteiger partial charge in [0, 0.05) is 33.7 Å². The topological polar surface area (TPSA) is 58.5 Å². The number of aliphatic hydroxyl groups is 1. The first-order valence-corrected chi connectivity index (χ1v) is 11.8. The standard InChI is InChI=1S/C22H20Cl2IN3O2/c23-17-7-5-15(6-8-17)19-21(24)27-22(28-9-10-30-18(12-28)13-29)20(26-19)16-3-1-14(11-25)2-4-16/h1-8,18,29H,9-13H2. The van der Waals surface area contributed by atoms with Crippen LogP contribution in [0.25, 0.3) is 22.5 Å². The molecule has 0 bridgehead atoms. The van der Waals surface area contributed by atoms with E-state index in [-0.39, 0.29) is 12.7 Å². The summed E-state index contributed by atoms with van der Waals surface area (Å²) in [5.41, 5.74) is 4.42. The molecule has 1 saturated heterocycles. The van der Waals surface area contributed by atoms with Crippen LogP contribution in [0.3, 0.4) is 0 Å². The molecule has 2 heterocycles. The van der Waals surface area contributed by atoms with Crippen molar-refractivity contribution in [3.05, 3.63) is 64.3 Å². The second kappa shape index (κ2) is 9.78. The van der Waals surface area contributed by atoms with E-state index in [0.29, 0.717) is 41.4 Å². The summed E-state index contributed by atoms with van der Waals surface area (Å²) >= 11 is 15.0. The van der Waals surface area contributed by atoms with Crippen LogP contribution in [0.2, 0.25) is 10.2 Å². The molecule has 0 spiro atoms. The van der Waals surface area contributed by atoms with Gasteiger partial charge in [-0.15, -0.1) is 0 Å². The highest BCUT2D eigenvalue weighted by atomic mass is 127. The molecule has 1 unspecified atom stereocenters. The maximum absolute atomic E-state index is 9.54. The van der Waals surface area contributed by atoms with Crippen molar-refractivity contribution < 1.29 is 9.84 Å². The summed E-state index contributed by atoms with van der Waals surface area (Å²) in [5.74, 6) is 0.696. The Morgan fingerprint density at radius 2 is 1.67 bits per heavy atom. The average Bonchev–Trinajstić information content (AvgIpc) is 2.80. The smallest absolute Gasteiger partial charge is 0.157 e. The monoisotopic (exact) mass is 555 g/mol. The van der Waals surface area contributed by atoms with Crippen LogP contribution in [-0.2, 0) is 9.16 Å². The first kappa shape index (κ1) is 21.8. The number of benzene rings is 2. The summed E-state index contributed by atoms with van der Waals surface area (Å²) in [4.78, 5) is 11.8. The number of hydrogen-bond acceptors (Lipinski definition) is 5. The van der Waals surface area contributed by atoms with E-state index >= 15 is 0 Å². The molecule has 1 aliphatic heterocycles. The van der Waals surface area contributed by atoms with Gasteiger partial charge >= 0.3 is 0 Å². The van der Waals surface area contributed by atoms with E-state index in [4.69, 9.17) is 37.9 Å². The molecule has 1 fully saturated rings. The third-order valence-corrected chi connectivity index (χ3v) is 6.37. The number of alkyl halides is 1. The fourth-order valence-corrected chi connectivity index (χ4v) is 4.25. The number of anilines is 1. The Kier molecular flexibility index (Phi) is 7.10. The van der Waals surface area contributed by atoms with Crippen molar-refractivity contribution in [3.8, 4) is 22.5 Å². The van der Waals surface area contributed by atoms with Crippen molar-refractivity contribution >= 4 is 51.6 Å². The summed E-state index contributed by atoms with van der Waals surface area (Å²) in [5, 5.41) is 10.5. The Hall–Kier alpha value is -1.45. The molecule has 1 N–H and O–H groups in total. The van der Waals surface area contributed by atoms with Crippen molar-refractivity contribution in [1.29, 1.82) is 0 Å². The van der Waals surface area contributed by atoms with Crippen LogP contribution in [0.15, 0.2) is 48.5 Å². The lowest BCUT2D eigenvalue weighted by Gasteiger charge is -2.34. The zero-order valence-corrected chi connectivity index (χ0v) is 19.7. The molecular weight excluding hydrogens is 536 g/mol. The van der Waals surface area contributed by atoms with Gasteiger partial charge in [0.15, 0.2) is 11.0 Å².